The summed E-state index contributed by atoms with van der Waals surface area (Å²) in [7, 11) is 0. The highest BCUT2D eigenvalue weighted by Crippen LogP contribution is 2.54. The summed E-state index contributed by atoms with van der Waals surface area (Å²) in [5, 5.41) is 0. The van der Waals surface area contributed by atoms with Crippen molar-refractivity contribution in [1.82, 2.24) is 0 Å². The molecule has 4 saturated carbocycles. The molecule has 0 aromatic heterocycles. The molecule has 0 aromatic rings. The standard InChI is InChI=1S/C22H34O2.2C2H6/c1-3-15(19-7-5-17-11-21(19)23-17)10-14-2-4-16(9-13(1)14)20-8-6-18-12-22(20)24-18;2*1-2/h13-22H,1-12H2;2*1-2H3. The summed E-state index contributed by atoms with van der Waals surface area (Å²) >= 11 is 0. The van der Waals surface area contributed by atoms with Crippen molar-refractivity contribution in [1.29, 1.82) is 0 Å². The Kier molecular flexibility index (Phi) is 7.09. The van der Waals surface area contributed by atoms with Gasteiger partial charge in [-0.1, -0.05) is 27.7 Å². The predicted molar refractivity (Wildman–Crippen MR) is 116 cm³/mol. The second-order valence-corrected chi connectivity index (χ2v) is 10.2. The first kappa shape index (κ1) is 21.2. The van der Waals surface area contributed by atoms with Crippen LogP contribution in [0.5, 0.6) is 0 Å². The Morgan fingerprint density at radius 3 is 1.11 bits per heavy atom. The molecule has 4 bridgehead atoms. The van der Waals surface area contributed by atoms with E-state index in [9.17, 15) is 0 Å². The molecule has 2 heteroatoms. The monoisotopic (exact) mass is 390 g/mol. The Bertz CT molecular complexity index is 429. The van der Waals surface area contributed by atoms with E-state index in [0.29, 0.717) is 24.4 Å². The third kappa shape index (κ3) is 3.94. The van der Waals surface area contributed by atoms with Crippen molar-refractivity contribution in [2.24, 2.45) is 35.5 Å². The summed E-state index contributed by atoms with van der Waals surface area (Å²) in [6, 6.07) is 0. The minimum Gasteiger partial charge on any atom is -0.374 e. The van der Waals surface area contributed by atoms with Crippen LogP contribution in [0.3, 0.4) is 0 Å². The van der Waals surface area contributed by atoms with E-state index in [4.69, 9.17) is 9.47 Å². The van der Waals surface area contributed by atoms with Crippen molar-refractivity contribution in [2.75, 3.05) is 0 Å². The molecule has 4 heterocycles. The van der Waals surface area contributed by atoms with Gasteiger partial charge in [0.1, 0.15) is 0 Å². The summed E-state index contributed by atoms with van der Waals surface area (Å²) in [4.78, 5) is 0. The lowest BCUT2D eigenvalue weighted by Crippen LogP contribution is -2.52. The molecule has 2 nitrogen and oxygen atoms in total. The fourth-order valence-electron chi connectivity index (χ4n) is 7.86. The van der Waals surface area contributed by atoms with Gasteiger partial charge in [0.25, 0.3) is 0 Å². The van der Waals surface area contributed by atoms with Gasteiger partial charge >= 0.3 is 0 Å². The number of hydrogen-bond acceptors (Lipinski definition) is 2. The third-order valence-electron chi connectivity index (χ3n) is 9.23. The van der Waals surface area contributed by atoms with Crippen LogP contribution in [0, 0.1) is 35.5 Å². The SMILES string of the molecule is C1CC(C2CCC3CC(C4CCC5CC4O5)CCC3C2)C2CC1O2.CC.CC. The summed E-state index contributed by atoms with van der Waals surface area (Å²) in [5.74, 6) is 5.95. The van der Waals surface area contributed by atoms with Crippen LogP contribution >= 0.6 is 0 Å². The van der Waals surface area contributed by atoms with Gasteiger partial charge in [0.15, 0.2) is 0 Å². The summed E-state index contributed by atoms with van der Waals surface area (Å²) < 4.78 is 12.2. The molecule has 28 heavy (non-hydrogen) atoms. The Balaban J connectivity index is 0.000000454. The lowest BCUT2D eigenvalue weighted by atomic mass is 9.57. The zero-order valence-corrected chi connectivity index (χ0v) is 19.1. The molecule has 0 spiro atoms. The quantitative estimate of drug-likeness (QED) is 0.505. The number of ether oxygens (including phenoxy) is 2. The molecule has 8 rings (SSSR count). The van der Waals surface area contributed by atoms with E-state index in [1.807, 2.05) is 27.7 Å². The van der Waals surface area contributed by atoms with E-state index in [0.717, 1.165) is 35.5 Å². The van der Waals surface area contributed by atoms with Gasteiger partial charge in [0, 0.05) is 12.8 Å². The molecule has 10 unspecified atom stereocenters. The van der Waals surface area contributed by atoms with Crippen molar-refractivity contribution in [3.8, 4) is 0 Å². The van der Waals surface area contributed by atoms with Crippen molar-refractivity contribution >= 4 is 0 Å². The second kappa shape index (κ2) is 9.38. The Morgan fingerprint density at radius 2 is 0.786 bits per heavy atom. The largest absolute Gasteiger partial charge is 0.374 e. The zero-order chi connectivity index (χ0) is 19.7. The van der Waals surface area contributed by atoms with Crippen LogP contribution in [0.25, 0.3) is 0 Å². The summed E-state index contributed by atoms with van der Waals surface area (Å²) in [5.41, 5.74) is 0. The molecule has 0 amide bonds. The lowest BCUT2D eigenvalue weighted by molar-refractivity contribution is -0.205. The van der Waals surface area contributed by atoms with Gasteiger partial charge in [-0.3, -0.25) is 0 Å². The van der Waals surface area contributed by atoms with Crippen LogP contribution < -0.4 is 0 Å². The first-order valence-electron chi connectivity index (χ1n) is 13.1. The van der Waals surface area contributed by atoms with Crippen LogP contribution in [0.1, 0.15) is 105 Å². The zero-order valence-electron chi connectivity index (χ0n) is 19.1. The fourth-order valence-corrected chi connectivity index (χ4v) is 7.86. The smallest absolute Gasteiger partial charge is 0.0634 e. The highest BCUT2D eigenvalue weighted by molar-refractivity contribution is 4.99. The highest BCUT2D eigenvalue weighted by Gasteiger charge is 2.49. The Morgan fingerprint density at radius 1 is 0.429 bits per heavy atom. The summed E-state index contributed by atoms with van der Waals surface area (Å²) in [6.07, 6.45) is 20.2. The summed E-state index contributed by atoms with van der Waals surface area (Å²) in [6.45, 7) is 8.00. The average molecular weight is 391 g/mol. The van der Waals surface area contributed by atoms with E-state index in [1.54, 1.807) is 12.8 Å². The predicted octanol–water partition coefficient (Wildman–Crippen LogP) is 7.01. The minimum absolute atomic E-state index is 0.654. The molecule has 0 radical (unpaired) electrons. The average Bonchev–Trinajstić information content (AvgIpc) is 2.75. The van der Waals surface area contributed by atoms with Crippen molar-refractivity contribution in [3.05, 3.63) is 0 Å². The van der Waals surface area contributed by atoms with Crippen LogP contribution in [-0.2, 0) is 9.47 Å². The molecule has 4 aliphatic heterocycles. The van der Waals surface area contributed by atoms with Crippen LogP contribution in [0.2, 0.25) is 0 Å². The fraction of sp³-hybridized carbons (Fsp3) is 1.00. The van der Waals surface area contributed by atoms with E-state index in [2.05, 4.69) is 0 Å². The Labute approximate surface area is 174 Å². The number of hydrogen-bond donors (Lipinski definition) is 0. The van der Waals surface area contributed by atoms with Gasteiger partial charge in [-0.2, -0.15) is 0 Å². The highest BCUT2D eigenvalue weighted by atomic mass is 16.5. The van der Waals surface area contributed by atoms with Gasteiger partial charge in [0.05, 0.1) is 24.4 Å². The van der Waals surface area contributed by atoms with Crippen LogP contribution in [-0.4, -0.2) is 24.4 Å². The molecule has 10 atom stereocenters. The number of rotatable bonds is 2. The van der Waals surface area contributed by atoms with Gasteiger partial charge in [-0.15, -0.1) is 0 Å². The molecule has 4 saturated heterocycles. The maximum atomic E-state index is 6.08. The first-order valence-corrected chi connectivity index (χ1v) is 13.1. The van der Waals surface area contributed by atoms with E-state index in [1.165, 1.54) is 64.2 Å². The molecule has 8 fully saturated rings. The lowest BCUT2D eigenvalue weighted by Gasteiger charge is -2.54. The van der Waals surface area contributed by atoms with Crippen molar-refractivity contribution < 1.29 is 9.47 Å². The number of fused-ring (bicyclic) bond motifs is 5. The maximum absolute atomic E-state index is 6.08. The van der Waals surface area contributed by atoms with Gasteiger partial charge in [0.2, 0.25) is 0 Å². The molecule has 0 aromatic carbocycles. The van der Waals surface area contributed by atoms with E-state index >= 15 is 0 Å². The van der Waals surface area contributed by atoms with Crippen LogP contribution in [0.15, 0.2) is 0 Å². The molecule has 4 aliphatic carbocycles. The minimum atomic E-state index is 0.654. The first-order chi connectivity index (χ1) is 13.8. The molecular formula is C26H46O2. The Hall–Kier alpha value is -0.0800. The third-order valence-corrected chi connectivity index (χ3v) is 9.23. The molecule has 162 valence electrons. The van der Waals surface area contributed by atoms with Gasteiger partial charge in [-0.05, 0) is 99.7 Å². The molecular weight excluding hydrogens is 344 g/mol. The normalized spacial score (nSPS) is 51.0. The molecule has 0 N–H and O–H groups in total. The van der Waals surface area contributed by atoms with Gasteiger partial charge in [-0.25, -0.2) is 0 Å². The van der Waals surface area contributed by atoms with E-state index in [-0.39, 0.29) is 0 Å². The van der Waals surface area contributed by atoms with Crippen LogP contribution in [0.4, 0.5) is 0 Å². The topological polar surface area (TPSA) is 18.5 Å². The van der Waals surface area contributed by atoms with Gasteiger partial charge < -0.3 is 9.47 Å². The van der Waals surface area contributed by atoms with Crippen molar-refractivity contribution in [3.63, 3.8) is 0 Å². The van der Waals surface area contributed by atoms with Crippen molar-refractivity contribution in [2.45, 2.75) is 129 Å². The molecule has 8 aliphatic rings. The van der Waals surface area contributed by atoms with E-state index < -0.39 is 0 Å². The second-order valence-electron chi connectivity index (χ2n) is 10.2. The maximum Gasteiger partial charge on any atom is 0.0634 e.